The fourth-order valence-electron chi connectivity index (χ4n) is 2.77. The molecule has 118 valence electrons. The van der Waals surface area contributed by atoms with E-state index in [0.29, 0.717) is 11.8 Å². The van der Waals surface area contributed by atoms with Gasteiger partial charge < -0.3 is 10.2 Å². The third kappa shape index (κ3) is 4.20. The number of anilines is 1. The first kappa shape index (κ1) is 16.3. The normalized spacial score (nSPS) is 22.1. The van der Waals surface area contributed by atoms with Crippen LogP contribution in [0, 0.1) is 0 Å². The molecular formula is C16H26N2O2S. The highest BCUT2D eigenvalue weighted by atomic mass is 32.2. The van der Waals surface area contributed by atoms with Crippen LogP contribution < -0.4 is 10.2 Å². The van der Waals surface area contributed by atoms with Crippen molar-refractivity contribution in [2.75, 3.05) is 30.0 Å². The molecule has 1 fully saturated rings. The lowest BCUT2D eigenvalue weighted by atomic mass is 10.1. The fourth-order valence-corrected chi connectivity index (χ4v) is 4.54. The average Bonchev–Trinajstić information content (AvgIpc) is 2.84. The summed E-state index contributed by atoms with van der Waals surface area (Å²) in [5.41, 5.74) is 2.35. The SMILES string of the molecule is CCCNC(C)c1ccc(N(C)C2CCS(=O)(=O)C2)cc1. The van der Waals surface area contributed by atoms with Crippen molar-refractivity contribution in [2.24, 2.45) is 0 Å². The summed E-state index contributed by atoms with van der Waals surface area (Å²) in [6.45, 7) is 5.34. The van der Waals surface area contributed by atoms with Crippen LogP contribution in [0.1, 0.15) is 38.3 Å². The third-order valence-electron chi connectivity index (χ3n) is 4.26. The third-order valence-corrected chi connectivity index (χ3v) is 6.01. The van der Waals surface area contributed by atoms with Crippen molar-refractivity contribution in [1.82, 2.24) is 5.32 Å². The Labute approximate surface area is 128 Å². The second-order valence-corrected chi connectivity index (χ2v) is 8.16. The second-order valence-electron chi connectivity index (χ2n) is 5.94. The van der Waals surface area contributed by atoms with Gasteiger partial charge in [0.25, 0.3) is 0 Å². The van der Waals surface area contributed by atoms with Gasteiger partial charge in [-0.1, -0.05) is 19.1 Å². The maximum atomic E-state index is 11.6. The summed E-state index contributed by atoms with van der Waals surface area (Å²) < 4.78 is 23.2. The van der Waals surface area contributed by atoms with E-state index in [1.165, 1.54) is 5.56 Å². The molecular weight excluding hydrogens is 284 g/mol. The van der Waals surface area contributed by atoms with Crippen LogP contribution >= 0.6 is 0 Å². The van der Waals surface area contributed by atoms with E-state index in [0.717, 1.165) is 25.1 Å². The summed E-state index contributed by atoms with van der Waals surface area (Å²) in [6.07, 6.45) is 1.86. The van der Waals surface area contributed by atoms with E-state index >= 15 is 0 Å². The van der Waals surface area contributed by atoms with Crippen LogP contribution in [0.2, 0.25) is 0 Å². The molecule has 2 atom stereocenters. The standard InChI is InChI=1S/C16H26N2O2S/c1-4-10-17-13(2)14-5-7-15(8-6-14)18(3)16-9-11-21(19,20)12-16/h5-8,13,16-17H,4,9-12H2,1-3H3. The highest BCUT2D eigenvalue weighted by Crippen LogP contribution is 2.24. The van der Waals surface area contributed by atoms with Gasteiger partial charge in [-0.3, -0.25) is 0 Å². The Kier molecular flexibility index (Phi) is 5.27. The highest BCUT2D eigenvalue weighted by molar-refractivity contribution is 7.91. The topological polar surface area (TPSA) is 49.4 Å². The van der Waals surface area contributed by atoms with E-state index in [9.17, 15) is 8.42 Å². The quantitative estimate of drug-likeness (QED) is 0.876. The molecule has 1 aromatic rings. The van der Waals surface area contributed by atoms with Gasteiger partial charge in [-0.05, 0) is 44.0 Å². The predicted octanol–water partition coefficient (Wildman–Crippen LogP) is 2.37. The van der Waals surface area contributed by atoms with E-state index in [1.807, 2.05) is 7.05 Å². The summed E-state index contributed by atoms with van der Waals surface area (Å²) in [6, 6.07) is 8.88. The van der Waals surface area contributed by atoms with Crippen LogP contribution in [0.4, 0.5) is 5.69 Å². The van der Waals surface area contributed by atoms with Crippen LogP contribution in [0.5, 0.6) is 0 Å². The van der Waals surface area contributed by atoms with Crippen LogP contribution in [-0.4, -0.2) is 39.6 Å². The second kappa shape index (κ2) is 6.79. The molecule has 1 heterocycles. The number of benzene rings is 1. The minimum Gasteiger partial charge on any atom is -0.371 e. The molecule has 1 saturated heterocycles. The van der Waals surface area contributed by atoms with Gasteiger partial charge in [0.1, 0.15) is 0 Å². The lowest BCUT2D eigenvalue weighted by Gasteiger charge is -2.26. The summed E-state index contributed by atoms with van der Waals surface area (Å²) in [7, 11) is -0.847. The molecule has 0 aliphatic carbocycles. The first-order chi connectivity index (χ1) is 9.93. The molecule has 0 bridgehead atoms. The summed E-state index contributed by atoms with van der Waals surface area (Å²) >= 11 is 0. The lowest BCUT2D eigenvalue weighted by molar-refractivity contribution is 0.570. The Bertz CT molecular complexity index is 554. The van der Waals surface area contributed by atoms with Gasteiger partial charge >= 0.3 is 0 Å². The van der Waals surface area contributed by atoms with E-state index in [1.54, 1.807) is 0 Å². The zero-order chi connectivity index (χ0) is 15.5. The highest BCUT2D eigenvalue weighted by Gasteiger charge is 2.30. The lowest BCUT2D eigenvalue weighted by Crippen LogP contribution is -2.32. The minimum atomic E-state index is -2.83. The van der Waals surface area contributed by atoms with Crippen LogP contribution in [0.25, 0.3) is 0 Å². The van der Waals surface area contributed by atoms with Crippen molar-refractivity contribution in [3.63, 3.8) is 0 Å². The van der Waals surface area contributed by atoms with Gasteiger partial charge in [0, 0.05) is 24.8 Å². The van der Waals surface area contributed by atoms with E-state index in [2.05, 4.69) is 48.3 Å². The number of sulfone groups is 1. The van der Waals surface area contributed by atoms with Crippen molar-refractivity contribution in [1.29, 1.82) is 0 Å². The maximum absolute atomic E-state index is 11.6. The number of rotatable bonds is 6. The number of nitrogens with one attached hydrogen (secondary N) is 1. The summed E-state index contributed by atoms with van der Waals surface area (Å²) in [4.78, 5) is 2.10. The molecule has 0 aromatic heterocycles. The van der Waals surface area contributed by atoms with Crippen molar-refractivity contribution in [3.8, 4) is 0 Å². The molecule has 4 nitrogen and oxygen atoms in total. The Morgan fingerprint density at radius 1 is 1.33 bits per heavy atom. The summed E-state index contributed by atoms with van der Waals surface area (Å²) in [5.74, 6) is 0.595. The van der Waals surface area contributed by atoms with Gasteiger partial charge in [-0.25, -0.2) is 8.42 Å². The average molecular weight is 310 g/mol. The van der Waals surface area contributed by atoms with Gasteiger partial charge in [-0.2, -0.15) is 0 Å². The van der Waals surface area contributed by atoms with E-state index in [4.69, 9.17) is 0 Å². The Balaban J connectivity index is 2.01. The Morgan fingerprint density at radius 2 is 2.00 bits per heavy atom. The molecule has 1 aliphatic heterocycles. The summed E-state index contributed by atoms with van der Waals surface area (Å²) in [5, 5.41) is 3.47. The Morgan fingerprint density at radius 3 is 2.52 bits per heavy atom. The van der Waals surface area contributed by atoms with Gasteiger partial charge in [0.15, 0.2) is 9.84 Å². The number of hydrogen-bond donors (Lipinski definition) is 1. The number of nitrogens with zero attached hydrogens (tertiary/aromatic N) is 1. The van der Waals surface area contributed by atoms with Crippen molar-refractivity contribution in [3.05, 3.63) is 29.8 Å². The van der Waals surface area contributed by atoms with Gasteiger partial charge in [-0.15, -0.1) is 0 Å². The largest absolute Gasteiger partial charge is 0.371 e. The molecule has 21 heavy (non-hydrogen) atoms. The van der Waals surface area contributed by atoms with Crippen LogP contribution in [-0.2, 0) is 9.84 Å². The monoisotopic (exact) mass is 310 g/mol. The molecule has 1 aromatic carbocycles. The smallest absolute Gasteiger partial charge is 0.152 e. The zero-order valence-electron chi connectivity index (χ0n) is 13.2. The Hall–Kier alpha value is -1.07. The fraction of sp³-hybridized carbons (Fsp3) is 0.625. The van der Waals surface area contributed by atoms with Crippen LogP contribution in [0.15, 0.2) is 24.3 Å². The van der Waals surface area contributed by atoms with Gasteiger partial charge in [0.2, 0.25) is 0 Å². The van der Waals surface area contributed by atoms with E-state index in [-0.39, 0.29) is 11.8 Å². The first-order valence-electron chi connectivity index (χ1n) is 7.69. The number of hydrogen-bond acceptors (Lipinski definition) is 4. The molecule has 2 unspecified atom stereocenters. The van der Waals surface area contributed by atoms with E-state index < -0.39 is 9.84 Å². The molecule has 1 N–H and O–H groups in total. The molecule has 5 heteroatoms. The van der Waals surface area contributed by atoms with Crippen molar-refractivity contribution in [2.45, 2.75) is 38.8 Å². The molecule has 0 saturated carbocycles. The van der Waals surface area contributed by atoms with Crippen molar-refractivity contribution < 1.29 is 8.42 Å². The molecule has 0 radical (unpaired) electrons. The first-order valence-corrected chi connectivity index (χ1v) is 9.51. The molecule has 2 rings (SSSR count). The molecule has 0 spiro atoms. The molecule has 1 aliphatic rings. The zero-order valence-corrected chi connectivity index (χ0v) is 14.0. The van der Waals surface area contributed by atoms with Crippen molar-refractivity contribution >= 4 is 15.5 Å². The molecule has 0 amide bonds. The van der Waals surface area contributed by atoms with Crippen LogP contribution in [0.3, 0.4) is 0 Å². The van der Waals surface area contributed by atoms with Gasteiger partial charge in [0.05, 0.1) is 11.5 Å². The predicted molar refractivity (Wildman–Crippen MR) is 88.6 cm³/mol. The minimum absolute atomic E-state index is 0.108. The maximum Gasteiger partial charge on any atom is 0.152 e.